The Morgan fingerprint density at radius 1 is 1.06 bits per heavy atom. The minimum absolute atomic E-state index is 0.000976. The summed E-state index contributed by atoms with van der Waals surface area (Å²) in [4.78, 5) is -0.312. The zero-order chi connectivity index (χ0) is 13.3. The van der Waals surface area contributed by atoms with Crippen LogP contribution in [0.4, 0.5) is 0 Å². The van der Waals surface area contributed by atoms with Crippen LogP contribution in [0.3, 0.4) is 0 Å². The van der Waals surface area contributed by atoms with Gasteiger partial charge in [-0.05, 0) is 29.8 Å². The lowest BCUT2D eigenvalue weighted by Gasteiger charge is -2.07. The molecule has 0 aliphatic rings. The largest absolute Gasteiger partial charge is 0.507 e. The van der Waals surface area contributed by atoms with Crippen molar-refractivity contribution in [3.63, 3.8) is 0 Å². The SMILES string of the molecule is O=S(=O)(O)c1cc(Cl)cc(-c2ccccc2O)c1. The number of aromatic hydroxyl groups is 1. The summed E-state index contributed by atoms with van der Waals surface area (Å²) in [6.07, 6.45) is 0. The van der Waals surface area contributed by atoms with Crippen molar-refractivity contribution in [1.29, 1.82) is 0 Å². The first-order chi connectivity index (χ1) is 8.38. The van der Waals surface area contributed by atoms with Crippen molar-refractivity contribution in [1.82, 2.24) is 0 Å². The van der Waals surface area contributed by atoms with Crippen LogP contribution in [0.5, 0.6) is 5.75 Å². The number of hydrogen-bond acceptors (Lipinski definition) is 3. The second-order valence-corrected chi connectivity index (χ2v) is 5.53. The molecule has 0 bridgehead atoms. The maximum absolute atomic E-state index is 11.1. The van der Waals surface area contributed by atoms with Crippen LogP contribution in [0.25, 0.3) is 11.1 Å². The lowest BCUT2D eigenvalue weighted by Crippen LogP contribution is -1.98. The fraction of sp³-hybridized carbons (Fsp3) is 0. The number of phenols is 1. The van der Waals surface area contributed by atoms with E-state index < -0.39 is 10.1 Å². The van der Waals surface area contributed by atoms with Gasteiger partial charge in [-0.1, -0.05) is 29.8 Å². The molecule has 0 spiro atoms. The zero-order valence-corrected chi connectivity index (χ0v) is 10.6. The predicted molar refractivity (Wildman–Crippen MR) is 68.4 cm³/mol. The summed E-state index contributed by atoms with van der Waals surface area (Å²) in [5.74, 6) is 0.000976. The van der Waals surface area contributed by atoms with Gasteiger partial charge in [-0.15, -0.1) is 0 Å². The summed E-state index contributed by atoms with van der Waals surface area (Å²) in [6.45, 7) is 0. The van der Waals surface area contributed by atoms with E-state index in [1.807, 2.05) is 0 Å². The Balaban J connectivity index is 2.67. The van der Waals surface area contributed by atoms with Crippen LogP contribution in [0, 0.1) is 0 Å². The number of hydrogen-bond donors (Lipinski definition) is 2. The second kappa shape index (κ2) is 4.61. The summed E-state index contributed by atoms with van der Waals surface area (Å²) in [6, 6.07) is 10.3. The Kier molecular flexibility index (Phi) is 3.30. The molecule has 0 unspecified atom stereocenters. The second-order valence-electron chi connectivity index (χ2n) is 3.67. The zero-order valence-electron chi connectivity index (χ0n) is 9.04. The third kappa shape index (κ3) is 2.64. The molecule has 2 aromatic carbocycles. The molecule has 94 valence electrons. The van der Waals surface area contributed by atoms with E-state index in [9.17, 15) is 13.5 Å². The number of para-hydroxylation sites is 1. The molecule has 2 aromatic rings. The molecule has 4 nitrogen and oxygen atoms in total. The highest BCUT2D eigenvalue weighted by molar-refractivity contribution is 7.85. The smallest absolute Gasteiger partial charge is 0.294 e. The predicted octanol–water partition coefficient (Wildman–Crippen LogP) is 2.96. The van der Waals surface area contributed by atoms with Gasteiger partial charge in [0, 0.05) is 10.6 Å². The van der Waals surface area contributed by atoms with Crippen LogP contribution in [0.2, 0.25) is 5.02 Å². The summed E-state index contributed by atoms with van der Waals surface area (Å²) >= 11 is 5.80. The summed E-state index contributed by atoms with van der Waals surface area (Å²) in [5, 5.41) is 9.85. The Labute approximate surface area is 109 Å². The van der Waals surface area contributed by atoms with Gasteiger partial charge >= 0.3 is 0 Å². The Bertz CT molecular complexity index is 695. The van der Waals surface area contributed by atoms with Crippen molar-refractivity contribution >= 4 is 21.7 Å². The van der Waals surface area contributed by atoms with Crippen LogP contribution in [-0.4, -0.2) is 18.1 Å². The standard InChI is InChI=1S/C12H9ClO4S/c13-9-5-8(6-10(7-9)18(15,16)17)11-3-1-2-4-12(11)14/h1-7,14H,(H,15,16,17). The van der Waals surface area contributed by atoms with E-state index in [0.29, 0.717) is 11.1 Å². The Morgan fingerprint density at radius 3 is 2.33 bits per heavy atom. The third-order valence-electron chi connectivity index (χ3n) is 2.38. The lowest BCUT2D eigenvalue weighted by atomic mass is 10.1. The van der Waals surface area contributed by atoms with Crippen molar-refractivity contribution in [2.75, 3.05) is 0 Å². The summed E-state index contributed by atoms with van der Waals surface area (Å²) < 4.78 is 31.2. The first-order valence-corrected chi connectivity index (χ1v) is 6.76. The number of phenolic OH excluding ortho intramolecular Hbond substituents is 1. The van der Waals surface area contributed by atoms with Crippen molar-refractivity contribution in [3.05, 3.63) is 47.5 Å². The first-order valence-electron chi connectivity index (χ1n) is 4.94. The van der Waals surface area contributed by atoms with Crippen LogP contribution in [0.1, 0.15) is 0 Å². The average Bonchev–Trinajstić information content (AvgIpc) is 2.27. The minimum Gasteiger partial charge on any atom is -0.507 e. The Hall–Kier alpha value is -1.56. The van der Waals surface area contributed by atoms with Crippen molar-refractivity contribution < 1.29 is 18.1 Å². The molecule has 0 heterocycles. The molecule has 0 radical (unpaired) electrons. The van der Waals surface area contributed by atoms with E-state index in [2.05, 4.69) is 0 Å². The van der Waals surface area contributed by atoms with Crippen molar-refractivity contribution in [2.24, 2.45) is 0 Å². The van der Waals surface area contributed by atoms with Crippen molar-refractivity contribution in [3.8, 4) is 16.9 Å². The molecular weight excluding hydrogens is 276 g/mol. The molecule has 0 aromatic heterocycles. The molecule has 18 heavy (non-hydrogen) atoms. The molecule has 0 saturated carbocycles. The van der Waals surface area contributed by atoms with E-state index in [1.54, 1.807) is 18.2 Å². The van der Waals surface area contributed by atoms with E-state index in [-0.39, 0.29) is 15.7 Å². The average molecular weight is 285 g/mol. The minimum atomic E-state index is -4.33. The molecule has 2 rings (SSSR count). The van der Waals surface area contributed by atoms with E-state index in [1.165, 1.54) is 18.2 Å². The molecule has 6 heteroatoms. The van der Waals surface area contributed by atoms with Gasteiger partial charge in [0.25, 0.3) is 10.1 Å². The molecule has 0 saturated heterocycles. The van der Waals surface area contributed by atoms with E-state index in [4.69, 9.17) is 16.2 Å². The molecular formula is C12H9ClO4S. The van der Waals surface area contributed by atoms with Crippen LogP contribution in [-0.2, 0) is 10.1 Å². The monoisotopic (exact) mass is 284 g/mol. The summed E-state index contributed by atoms with van der Waals surface area (Å²) in [5.41, 5.74) is 0.845. The van der Waals surface area contributed by atoms with E-state index >= 15 is 0 Å². The summed E-state index contributed by atoms with van der Waals surface area (Å²) in [7, 11) is -4.33. The normalized spacial score (nSPS) is 11.4. The molecule has 0 atom stereocenters. The molecule has 0 fully saturated rings. The fourth-order valence-electron chi connectivity index (χ4n) is 1.58. The molecule has 0 amide bonds. The molecule has 0 aliphatic carbocycles. The number of halogens is 1. The van der Waals surface area contributed by atoms with E-state index in [0.717, 1.165) is 6.07 Å². The number of rotatable bonds is 2. The topological polar surface area (TPSA) is 74.6 Å². The lowest BCUT2D eigenvalue weighted by molar-refractivity contribution is 0.476. The maximum atomic E-state index is 11.1. The van der Waals surface area contributed by atoms with Gasteiger partial charge < -0.3 is 5.11 Å². The highest BCUT2D eigenvalue weighted by Crippen LogP contribution is 2.32. The highest BCUT2D eigenvalue weighted by Gasteiger charge is 2.13. The molecule has 2 N–H and O–H groups in total. The van der Waals surface area contributed by atoms with Crippen molar-refractivity contribution in [2.45, 2.75) is 4.90 Å². The van der Waals surface area contributed by atoms with Crippen LogP contribution < -0.4 is 0 Å². The van der Waals surface area contributed by atoms with Crippen LogP contribution in [0.15, 0.2) is 47.4 Å². The van der Waals surface area contributed by atoms with Gasteiger partial charge in [0.05, 0.1) is 4.90 Å². The Morgan fingerprint density at radius 2 is 1.72 bits per heavy atom. The van der Waals surface area contributed by atoms with Gasteiger partial charge in [0.15, 0.2) is 0 Å². The molecule has 0 aliphatic heterocycles. The van der Waals surface area contributed by atoms with Gasteiger partial charge in [-0.25, -0.2) is 0 Å². The highest BCUT2D eigenvalue weighted by atomic mass is 35.5. The van der Waals surface area contributed by atoms with Gasteiger partial charge in [0.2, 0.25) is 0 Å². The van der Waals surface area contributed by atoms with Gasteiger partial charge in [-0.3, -0.25) is 4.55 Å². The van der Waals surface area contributed by atoms with Gasteiger partial charge in [0.1, 0.15) is 5.75 Å². The quantitative estimate of drug-likeness (QED) is 0.832. The maximum Gasteiger partial charge on any atom is 0.294 e. The number of benzene rings is 2. The third-order valence-corrected chi connectivity index (χ3v) is 3.43. The fourth-order valence-corrected chi connectivity index (χ4v) is 2.44. The first kappa shape index (κ1) is 12.9. The van der Waals surface area contributed by atoms with Crippen LogP contribution >= 0.6 is 11.6 Å². The van der Waals surface area contributed by atoms with Gasteiger partial charge in [-0.2, -0.15) is 8.42 Å².